The molecule has 1 aliphatic rings. The zero-order valence-electron chi connectivity index (χ0n) is 10.4. The standard InChI is InChI=1S/C12H15NO5S/c1-2-17-12(14)11-8-10(13-19(15,16)18-11)9-6-4-3-5-7-9/h3-7,10-11,13H,2,8H2,1H3/t10-,11+/m1/s1. The SMILES string of the molecule is CCOC(=O)[C@@H]1C[C@H](c2ccccc2)NS(=O)(=O)O1. The predicted molar refractivity (Wildman–Crippen MR) is 67.4 cm³/mol. The number of hydrogen-bond acceptors (Lipinski definition) is 5. The fourth-order valence-corrected chi connectivity index (χ4v) is 3.02. The molecular formula is C12H15NO5S. The van der Waals surface area contributed by atoms with Gasteiger partial charge in [0.2, 0.25) is 0 Å². The number of carbonyl (C=O) groups is 1. The molecule has 1 aromatic carbocycles. The molecule has 0 unspecified atom stereocenters. The molecule has 0 spiro atoms. The van der Waals surface area contributed by atoms with Crippen LogP contribution in [0.3, 0.4) is 0 Å². The van der Waals surface area contributed by atoms with Gasteiger partial charge in [0.15, 0.2) is 6.10 Å². The summed E-state index contributed by atoms with van der Waals surface area (Å²) in [5, 5.41) is 0. The minimum Gasteiger partial charge on any atom is -0.464 e. The Hall–Kier alpha value is -1.44. The molecule has 1 N–H and O–H groups in total. The van der Waals surface area contributed by atoms with Crippen LogP contribution in [0.2, 0.25) is 0 Å². The van der Waals surface area contributed by atoms with Crippen molar-refractivity contribution in [2.45, 2.75) is 25.5 Å². The summed E-state index contributed by atoms with van der Waals surface area (Å²) < 4.78 is 35.1. The third kappa shape index (κ3) is 3.52. The second-order valence-corrected chi connectivity index (χ2v) is 5.44. The minimum absolute atomic E-state index is 0.183. The molecule has 1 aliphatic heterocycles. The number of rotatable bonds is 3. The second-order valence-electron chi connectivity index (χ2n) is 4.11. The highest BCUT2D eigenvalue weighted by Gasteiger charge is 2.37. The lowest BCUT2D eigenvalue weighted by Gasteiger charge is -2.28. The molecule has 7 heteroatoms. The largest absolute Gasteiger partial charge is 0.464 e. The number of nitrogens with one attached hydrogen (secondary N) is 1. The zero-order valence-corrected chi connectivity index (χ0v) is 11.2. The van der Waals surface area contributed by atoms with Crippen molar-refractivity contribution in [2.24, 2.45) is 0 Å². The molecule has 0 radical (unpaired) electrons. The number of benzene rings is 1. The van der Waals surface area contributed by atoms with Gasteiger partial charge in [-0.05, 0) is 12.5 Å². The Morgan fingerprint density at radius 2 is 2.11 bits per heavy atom. The van der Waals surface area contributed by atoms with Crippen LogP contribution >= 0.6 is 0 Å². The van der Waals surface area contributed by atoms with Gasteiger partial charge in [-0.2, -0.15) is 13.1 Å². The molecule has 0 amide bonds. The highest BCUT2D eigenvalue weighted by molar-refractivity contribution is 7.84. The molecule has 1 fully saturated rings. The van der Waals surface area contributed by atoms with E-state index in [4.69, 9.17) is 8.92 Å². The van der Waals surface area contributed by atoms with Crippen molar-refractivity contribution in [2.75, 3.05) is 6.61 Å². The molecule has 1 heterocycles. The van der Waals surface area contributed by atoms with Crippen LogP contribution in [0.1, 0.15) is 24.9 Å². The molecule has 0 saturated carbocycles. The lowest BCUT2D eigenvalue weighted by atomic mass is 10.0. The lowest BCUT2D eigenvalue weighted by molar-refractivity contribution is -0.152. The van der Waals surface area contributed by atoms with E-state index < -0.39 is 28.4 Å². The van der Waals surface area contributed by atoms with Gasteiger partial charge in [-0.1, -0.05) is 30.3 Å². The molecule has 2 rings (SSSR count). The Morgan fingerprint density at radius 1 is 1.42 bits per heavy atom. The van der Waals surface area contributed by atoms with Crippen molar-refractivity contribution < 1.29 is 22.1 Å². The number of carbonyl (C=O) groups excluding carboxylic acids is 1. The molecule has 2 atom stereocenters. The summed E-state index contributed by atoms with van der Waals surface area (Å²) in [6, 6.07) is 8.53. The smallest absolute Gasteiger partial charge is 0.337 e. The van der Waals surface area contributed by atoms with Crippen molar-refractivity contribution in [3.05, 3.63) is 35.9 Å². The van der Waals surface area contributed by atoms with Crippen molar-refractivity contribution in [3.63, 3.8) is 0 Å². The van der Waals surface area contributed by atoms with E-state index in [1.54, 1.807) is 31.2 Å². The molecule has 0 aliphatic carbocycles. The number of ether oxygens (including phenoxy) is 1. The number of esters is 1. The molecule has 0 bridgehead atoms. The van der Waals surface area contributed by atoms with E-state index in [1.165, 1.54) is 0 Å². The van der Waals surface area contributed by atoms with E-state index in [9.17, 15) is 13.2 Å². The average molecular weight is 285 g/mol. The molecule has 6 nitrogen and oxygen atoms in total. The van der Waals surface area contributed by atoms with Crippen molar-refractivity contribution in [3.8, 4) is 0 Å². The van der Waals surface area contributed by atoms with Crippen LogP contribution < -0.4 is 4.72 Å². The quantitative estimate of drug-likeness (QED) is 0.835. The fourth-order valence-electron chi connectivity index (χ4n) is 1.92. The Labute approximate surface area is 112 Å². The van der Waals surface area contributed by atoms with Gasteiger partial charge in [0.05, 0.1) is 12.6 Å². The first-order valence-corrected chi connectivity index (χ1v) is 7.35. The van der Waals surface area contributed by atoms with Gasteiger partial charge in [-0.3, -0.25) is 0 Å². The maximum atomic E-state index is 11.6. The Kier molecular flexibility index (Phi) is 4.18. The van der Waals surface area contributed by atoms with Crippen LogP contribution in [0.4, 0.5) is 0 Å². The third-order valence-corrected chi connectivity index (χ3v) is 3.79. The summed E-state index contributed by atoms with van der Waals surface area (Å²) in [5.74, 6) is -0.659. The Morgan fingerprint density at radius 3 is 2.74 bits per heavy atom. The maximum absolute atomic E-state index is 11.6. The molecular weight excluding hydrogens is 270 g/mol. The third-order valence-electron chi connectivity index (χ3n) is 2.73. The topological polar surface area (TPSA) is 81.7 Å². The first-order chi connectivity index (χ1) is 9.02. The first-order valence-electron chi connectivity index (χ1n) is 5.94. The van der Waals surface area contributed by atoms with Crippen molar-refractivity contribution in [1.29, 1.82) is 0 Å². The van der Waals surface area contributed by atoms with Crippen molar-refractivity contribution in [1.82, 2.24) is 4.72 Å². The lowest BCUT2D eigenvalue weighted by Crippen LogP contribution is -2.44. The fraction of sp³-hybridized carbons (Fsp3) is 0.417. The van der Waals surface area contributed by atoms with E-state index in [2.05, 4.69) is 4.72 Å². The van der Waals surface area contributed by atoms with Crippen LogP contribution in [-0.2, 0) is 24.0 Å². The van der Waals surface area contributed by atoms with Gasteiger partial charge in [-0.15, -0.1) is 0 Å². The van der Waals surface area contributed by atoms with Gasteiger partial charge < -0.3 is 4.74 Å². The summed E-state index contributed by atoms with van der Waals surface area (Å²) >= 11 is 0. The van der Waals surface area contributed by atoms with Crippen LogP contribution in [0, 0.1) is 0 Å². The van der Waals surface area contributed by atoms with Crippen LogP contribution in [0.25, 0.3) is 0 Å². The predicted octanol–water partition coefficient (Wildman–Crippen LogP) is 0.914. The van der Waals surface area contributed by atoms with Gasteiger partial charge in [0.1, 0.15) is 0 Å². The number of hydrogen-bond donors (Lipinski definition) is 1. The molecule has 19 heavy (non-hydrogen) atoms. The highest BCUT2D eigenvalue weighted by Crippen LogP contribution is 2.26. The van der Waals surface area contributed by atoms with Gasteiger partial charge in [0.25, 0.3) is 0 Å². The second kappa shape index (κ2) is 5.68. The Balaban J connectivity index is 2.20. The van der Waals surface area contributed by atoms with E-state index >= 15 is 0 Å². The van der Waals surface area contributed by atoms with E-state index in [-0.39, 0.29) is 13.0 Å². The minimum atomic E-state index is -3.94. The Bertz CT molecular complexity index is 542. The summed E-state index contributed by atoms with van der Waals surface area (Å²) in [6.07, 6.45) is -0.890. The summed E-state index contributed by atoms with van der Waals surface area (Å²) in [4.78, 5) is 11.6. The van der Waals surface area contributed by atoms with Crippen LogP contribution in [-0.4, -0.2) is 27.1 Å². The van der Waals surface area contributed by atoms with Gasteiger partial charge >= 0.3 is 16.3 Å². The first kappa shape index (κ1) is 14.0. The van der Waals surface area contributed by atoms with Crippen molar-refractivity contribution >= 4 is 16.3 Å². The zero-order chi connectivity index (χ0) is 13.9. The monoisotopic (exact) mass is 285 g/mol. The van der Waals surface area contributed by atoms with Crippen LogP contribution in [0.15, 0.2) is 30.3 Å². The molecule has 104 valence electrons. The summed E-state index contributed by atoms with van der Waals surface area (Å²) in [7, 11) is -3.94. The normalized spacial score (nSPS) is 25.7. The van der Waals surface area contributed by atoms with E-state index in [0.717, 1.165) is 5.56 Å². The van der Waals surface area contributed by atoms with E-state index in [1.807, 2.05) is 6.07 Å². The van der Waals surface area contributed by atoms with Crippen LogP contribution in [0.5, 0.6) is 0 Å². The molecule has 1 saturated heterocycles. The summed E-state index contributed by atoms with van der Waals surface area (Å²) in [6.45, 7) is 1.84. The summed E-state index contributed by atoms with van der Waals surface area (Å²) in [5.41, 5.74) is 0.781. The molecule has 1 aromatic rings. The highest BCUT2D eigenvalue weighted by atomic mass is 32.2. The molecule has 0 aromatic heterocycles. The van der Waals surface area contributed by atoms with Gasteiger partial charge in [0, 0.05) is 6.42 Å². The average Bonchev–Trinajstić information content (AvgIpc) is 2.38. The van der Waals surface area contributed by atoms with Gasteiger partial charge in [-0.25, -0.2) is 8.98 Å². The van der Waals surface area contributed by atoms with E-state index in [0.29, 0.717) is 0 Å². The maximum Gasteiger partial charge on any atom is 0.337 e.